The first kappa shape index (κ1) is 19.2. The highest BCUT2D eigenvalue weighted by atomic mass is 32.2. The van der Waals surface area contributed by atoms with Gasteiger partial charge in [0, 0.05) is 25.3 Å². The molecule has 0 radical (unpaired) electrons. The fourth-order valence-electron chi connectivity index (χ4n) is 4.35. The van der Waals surface area contributed by atoms with E-state index >= 15 is 0 Å². The minimum absolute atomic E-state index is 0.0551. The van der Waals surface area contributed by atoms with Gasteiger partial charge in [0.2, 0.25) is 15.9 Å². The monoisotopic (exact) mass is 398 g/mol. The maximum Gasteiger partial charge on any atom is 0.243 e. The molecule has 0 aliphatic carbocycles. The van der Waals surface area contributed by atoms with Crippen molar-refractivity contribution in [1.29, 1.82) is 0 Å². The first-order valence-corrected chi connectivity index (χ1v) is 11.4. The molecular formula is C22H26N2O3S. The van der Waals surface area contributed by atoms with Gasteiger partial charge in [0.15, 0.2) is 0 Å². The van der Waals surface area contributed by atoms with Gasteiger partial charge in [-0.1, -0.05) is 30.3 Å². The van der Waals surface area contributed by atoms with E-state index in [9.17, 15) is 13.2 Å². The summed E-state index contributed by atoms with van der Waals surface area (Å²) in [4.78, 5) is 15.5. The number of hydrogen-bond donors (Lipinski definition) is 0. The Labute approximate surface area is 167 Å². The summed E-state index contributed by atoms with van der Waals surface area (Å²) in [5.41, 5.74) is 3.46. The molecule has 1 atom stereocenters. The van der Waals surface area contributed by atoms with Crippen LogP contribution in [0.25, 0.3) is 0 Å². The highest BCUT2D eigenvalue weighted by molar-refractivity contribution is 7.89. The minimum atomic E-state index is -3.56. The average Bonchev–Trinajstić information content (AvgIpc) is 2.74. The quantitative estimate of drug-likeness (QED) is 0.796. The molecule has 2 aromatic rings. The van der Waals surface area contributed by atoms with Crippen molar-refractivity contribution in [3.8, 4) is 0 Å². The van der Waals surface area contributed by atoms with E-state index in [4.69, 9.17) is 0 Å². The summed E-state index contributed by atoms with van der Waals surface area (Å²) in [6, 6.07) is 14.6. The number of piperidine rings is 1. The Bertz CT molecular complexity index is 973. The Kier molecular flexibility index (Phi) is 5.25. The number of benzene rings is 2. The molecule has 1 fully saturated rings. The van der Waals surface area contributed by atoms with Crippen molar-refractivity contribution in [2.75, 3.05) is 24.5 Å². The predicted molar refractivity (Wildman–Crippen MR) is 110 cm³/mol. The number of rotatable bonds is 3. The van der Waals surface area contributed by atoms with Crippen LogP contribution in [-0.2, 0) is 21.2 Å². The van der Waals surface area contributed by atoms with Crippen molar-refractivity contribution in [1.82, 2.24) is 4.31 Å². The summed E-state index contributed by atoms with van der Waals surface area (Å²) in [5, 5.41) is 0. The van der Waals surface area contributed by atoms with Gasteiger partial charge in [0.1, 0.15) is 0 Å². The van der Waals surface area contributed by atoms with E-state index < -0.39 is 10.0 Å². The van der Waals surface area contributed by atoms with Crippen LogP contribution in [0.15, 0.2) is 53.4 Å². The number of aryl methyl sites for hydroxylation is 1. The molecule has 1 unspecified atom stereocenters. The number of nitrogens with zero attached hydrogens (tertiary/aromatic N) is 2. The largest absolute Gasteiger partial charge is 0.312 e. The standard InChI is InChI=1S/C22H26N2O3S/c1-17-8-5-13-21-20(17)12-7-15-24(21)22(25)18-9-6-14-23(16-18)28(26,27)19-10-3-2-4-11-19/h2-5,8,10-11,13,18H,6-7,9,12,14-16H2,1H3. The van der Waals surface area contributed by atoms with Crippen molar-refractivity contribution in [2.24, 2.45) is 5.92 Å². The van der Waals surface area contributed by atoms with Crippen LogP contribution >= 0.6 is 0 Å². The fourth-order valence-corrected chi connectivity index (χ4v) is 5.90. The van der Waals surface area contributed by atoms with E-state index in [0.717, 1.165) is 24.9 Å². The maximum atomic E-state index is 13.3. The van der Waals surface area contributed by atoms with E-state index in [1.807, 2.05) is 17.0 Å². The van der Waals surface area contributed by atoms with Crippen molar-refractivity contribution in [3.63, 3.8) is 0 Å². The zero-order chi connectivity index (χ0) is 19.7. The lowest BCUT2D eigenvalue weighted by Gasteiger charge is -2.37. The Morgan fingerprint density at radius 3 is 2.57 bits per heavy atom. The molecule has 0 bridgehead atoms. The molecule has 5 nitrogen and oxygen atoms in total. The van der Waals surface area contributed by atoms with Gasteiger partial charge >= 0.3 is 0 Å². The second kappa shape index (κ2) is 7.68. The molecule has 28 heavy (non-hydrogen) atoms. The predicted octanol–water partition coefficient (Wildman–Crippen LogP) is 3.38. The van der Waals surface area contributed by atoms with E-state index in [1.54, 1.807) is 30.3 Å². The van der Waals surface area contributed by atoms with E-state index in [-0.39, 0.29) is 18.4 Å². The lowest BCUT2D eigenvalue weighted by molar-refractivity contribution is -0.123. The van der Waals surface area contributed by atoms with Gasteiger partial charge in [-0.25, -0.2) is 8.42 Å². The number of fused-ring (bicyclic) bond motifs is 1. The first-order chi connectivity index (χ1) is 13.5. The second-order valence-electron chi connectivity index (χ2n) is 7.68. The molecule has 0 spiro atoms. The van der Waals surface area contributed by atoms with Crippen LogP contribution in [0, 0.1) is 12.8 Å². The van der Waals surface area contributed by atoms with Crippen LogP contribution in [0.4, 0.5) is 5.69 Å². The minimum Gasteiger partial charge on any atom is -0.312 e. The lowest BCUT2D eigenvalue weighted by atomic mass is 9.93. The summed E-state index contributed by atoms with van der Waals surface area (Å²) in [7, 11) is -3.56. The van der Waals surface area contributed by atoms with Gasteiger partial charge in [-0.2, -0.15) is 4.31 Å². The fraction of sp³-hybridized carbons (Fsp3) is 0.409. The van der Waals surface area contributed by atoms with Crippen molar-refractivity contribution in [2.45, 2.75) is 37.5 Å². The molecule has 2 aliphatic rings. The normalized spacial score (nSPS) is 20.6. The van der Waals surface area contributed by atoms with Crippen LogP contribution in [-0.4, -0.2) is 38.3 Å². The summed E-state index contributed by atoms with van der Waals surface area (Å²) in [6.07, 6.45) is 3.38. The van der Waals surface area contributed by atoms with Gasteiger partial charge in [0.25, 0.3) is 0 Å². The highest BCUT2D eigenvalue weighted by Crippen LogP contribution is 2.32. The molecule has 2 aliphatic heterocycles. The van der Waals surface area contributed by atoms with E-state index in [1.165, 1.54) is 15.4 Å². The molecule has 6 heteroatoms. The molecule has 4 rings (SSSR count). The number of hydrogen-bond acceptors (Lipinski definition) is 3. The molecule has 0 aromatic heterocycles. The van der Waals surface area contributed by atoms with Crippen LogP contribution in [0.1, 0.15) is 30.4 Å². The number of sulfonamides is 1. The van der Waals surface area contributed by atoms with Crippen LogP contribution in [0.5, 0.6) is 0 Å². The van der Waals surface area contributed by atoms with Gasteiger partial charge in [-0.15, -0.1) is 0 Å². The lowest BCUT2D eigenvalue weighted by Crippen LogP contribution is -2.48. The molecular weight excluding hydrogens is 372 g/mol. The molecule has 148 valence electrons. The Balaban J connectivity index is 1.56. The maximum absolute atomic E-state index is 13.3. The van der Waals surface area contributed by atoms with Crippen molar-refractivity contribution in [3.05, 3.63) is 59.7 Å². The third-order valence-corrected chi connectivity index (χ3v) is 7.74. The Morgan fingerprint density at radius 2 is 1.79 bits per heavy atom. The smallest absolute Gasteiger partial charge is 0.243 e. The van der Waals surface area contributed by atoms with Crippen LogP contribution in [0.2, 0.25) is 0 Å². The second-order valence-corrected chi connectivity index (χ2v) is 9.62. The topological polar surface area (TPSA) is 57.7 Å². The first-order valence-electron chi connectivity index (χ1n) is 9.93. The van der Waals surface area contributed by atoms with Gasteiger partial charge in [-0.05, 0) is 61.9 Å². The zero-order valence-electron chi connectivity index (χ0n) is 16.2. The van der Waals surface area contributed by atoms with Crippen molar-refractivity contribution < 1.29 is 13.2 Å². The van der Waals surface area contributed by atoms with Gasteiger partial charge in [0.05, 0.1) is 10.8 Å². The number of carbonyl (C=O) groups is 1. The summed E-state index contributed by atoms with van der Waals surface area (Å²) >= 11 is 0. The summed E-state index contributed by atoms with van der Waals surface area (Å²) < 4.78 is 27.4. The van der Waals surface area contributed by atoms with Gasteiger partial charge in [-0.3, -0.25) is 4.79 Å². The van der Waals surface area contributed by atoms with Gasteiger partial charge < -0.3 is 4.90 Å². The molecule has 1 saturated heterocycles. The summed E-state index contributed by atoms with van der Waals surface area (Å²) in [5.74, 6) is -0.238. The molecule has 1 amide bonds. The molecule has 2 heterocycles. The SMILES string of the molecule is Cc1cccc2c1CCCN2C(=O)C1CCCN(S(=O)(=O)c2ccccc2)C1. The number of anilines is 1. The van der Waals surface area contributed by atoms with Crippen molar-refractivity contribution >= 4 is 21.6 Å². The average molecular weight is 399 g/mol. The highest BCUT2D eigenvalue weighted by Gasteiger charge is 2.36. The Morgan fingerprint density at radius 1 is 1.00 bits per heavy atom. The Hall–Kier alpha value is -2.18. The van der Waals surface area contributed by atoms with E-state index in [0.29, 0.717) is 24.4 Å². The number of amides is 1. The summed E-state index contributed by atoms with van der Waals surface area (Å²) in [6.45, 7) is 3.52. The molecule has 0 N–H and O–H groups in total. The van der Waals surface area contributed by atoms with Crippen LogP contribution < -0.4 is 4.90 Å². The molecule has 0 saturated carbocycles. The molecule has 2 aromatic carbocycles. The third kappa shape index (κ3) is 3.47. The third-order valence-electron chi connectivity index (χ3n) is 5.87. The van der Waals surface area contributed by atoms with Crippen LogP contribution in [0.3, 0.4) is 0 Å². The zero-order valence-corrected chi connectivity index (χ0v) is 17.0. The number of carbonyl (C=O) groups excluding carboxylic acids is 1. The van der Waals surface area contributed by atoms with E-state index in [2.05, 4.69) is 13.0 Å².